The van der Waals surface area contributed by atoms with Gasteiger partial charge >= 0.3 is 6.18 Å². The van der Waals surface area contributed by atoms with E-state index in [1.54, 1.807) is 24.5 Å². The molecule has 33 heavy (non-hydrogen) atoms. The lowest BCUT2D eigenvalue weighted by atomic mass is 10.0. The summed E-state index contributed by atoms with van der Waals surface area (Å²) in [5, 5.41) is 3.13. The third-order valence-corrected chi connectivity index (χ3v) is 6.08. The number of amides is 1. The predicted molar refractivity (Wildman–Crippen MR) is 117 cm³/mol. The Morgan fingerprint density at radius 1 is 1.12 bits per heavy atom. The van der Waals surface area contributed by atoms with Crippen molar-refractivity contribution in [3.63, 3.8) is 0 Å². The van der Waals surface area contributed by atoms with E-state index in [1.807, 2.05) is 0 Å². The van der Waals surface area contributed by atoms with E-state index in [4.69, 9.17) is 0 Å². The number of aromatic nitrogens is 2. The van der Waals surface area contributed by atoms with Gasteiger partial charge in [0, 0.05) is 36.3 Å². The van der Waals surface area contributed by atoms with Gasteiger partial charge in [0.15, 0.2) is 0 Å². The number of pyridine rings is 2. The molecule has 11 heteroatoms. The van der Waals surface area contributed by atoms with Crippen LogP contribution in [0.15, 0.2) is 54.9 Å². The summed E-state index contributed by atoms with van der Waals surface area (Å²) >= 11 is 0. The Bertz CT molecular complexity index is 1290. The molecular formula is C22H19F3N4O3S. The SMILES string of the molecule is CS(=O)(=O)CCN1CNc2c(cc(-c3ccc(C(F)(F)F)cc3)nc2-c2cccnc2)C1=O. The van der Waals surface area contributed by atoms with E-state index >= 15 is 0 Å². The lowest BCUT2D eigenvalue weighted by molar-refractivity contribution is -0.137. The smallest absolute Gasteiger partial charge is 0.365 e. The number of hydrogen-bond acceptors (Lipinski definition) is 6. The van der Waals surface area contributed by atoms with Gasteiger partial charge in [-0.05, 0) is 30.3 Å². The Morgan fingerprint density at radius 3 is 2.45 bits per heavy atom. The maximum atomic E-state index is 13.2. The van der Waals surface area contributed by atoms with Gasteiger partial charge in [-0.15, -0.1) is 0 Å². The molecule has 0 saturated heterocycles. The molecule has 0 bridgehead atoms. The normalized spacial score (nSPS) is 14.1. The van der Waals surface area contributed by atoms with Crippen LogP contribution in [0.3, 0.4) is 0 Å². The van der Waals surface area contributed by atoms with Crippen molar-refractivity contribution >= 4 is 21.4 Å². The molecule has 1 N–H and O–H groups in total. The summed E-state index contributed by atoms with van der Waals surface area (Å²) in [5.74, 6) is -0.588. The molecule has 3 aromatic rings. The molecule has 172 valence electrons. The summed E-state index contributed by atoms with van der Waals surface area (Å²) in [6, 6.07) is 9.47. The van der Waals surface area contributed by atoms with Crippen LogP contribution in [0.5, 0.6) is 0 Å². The zero-order valence-electron chi connectivity index (χ0n) is 17.4. The van der Waals surface area contributed by atoms with Crippen LogP contribution in [0.1, 0.15) is 15.9 Å². The minimum absolute atomic E-state index is 0.00423. The zero-order valence-corrected chi connectivity index (χ0v) is 18.2. The Balaban J connectivity index is 1.80. The van der Waals surface area contributed by atoms with Crippen molar-refractivity contribution in [1.82, 2.24) is 14.9 Å². The molecule has 0 fully saturated rings. The van der Waals surface area contributed by atoms with Crippen LogP contribution in [-0.2, 0) is 16.0 Å². The number of sulfone groups is 1. The first-order valence-electron chi connectivity index (χ1n) is 9.87. The Kier molecular flexibility index (Phi) is 5.83. The summed E-state index contributed by atoms with van der Waals surface area (Å²) in [6.45, 7) is 0.0974. The highest BCUT2D eigenvalue weighted by atomic mass is 32.2. The van der Waals surface area contributed by atoms with Gasteiger partial charge in [-0.25, -0.2) is 13.4 Å². The molecule has 1 aliphatic rings. The van der Waals surface area contributed by atoms with E-state index in [9.17, 15) is 26.4 Å². The maximum absolute atomic E-state index is 13.2. The van der Waals surface area contributed by atoms with Crippen molar-refractivity contribution in [2.45, 2.75) is 6.18 Å². The Hall–Kier alpha value is -3.47. The number of halogens is 3. The zero-order chi connectivity index (χ0) is 23.8. The van der Waals surface area contributed by atoms with Crippen molar-refractivity contribution in [3.8, 4) is 22.5 Å². The summed E-state index contributed by atoms with van der Waals surface area (Å²) in [6.07, 6.45) is -0.221. The fourth-order valence-electron chi connectivity index (χ4n) is 3.46. The molecule has 1 aromatic carbocycles. The molecule has 0 saturated carbocycles. The molecule has 2 aromatic heterocycles. The number of rotatable bonds is 5. The Morgan fingerprint density at radius 2 is 1.85 bits per heavy atom. The minimum Gasteiger partial charge on any atom is -0.365 e. The third kappa shape index (κ3) is 4.98. The number of nitrogens with zero attached hydrogens (tertiary/aromatic N) is 3. The number of hydrogen-bond donors (Lipinski definition) is 1. The molecule has 3 heterocycles. The van der Waals surface area contributed by atoms with Gasteiger partial charge < -0.3 is 10.2 Å². The average molecular weight is 476 g/mol. The van der Waals surface area contributed by atoms with Crippen molar-refractivity contribution in [3.05, 3.63) is 66.0 Å². The molecule has 7 nitrogen and oxygen atoms in total. The third-order valence-electron chi connectivity index (χ3n) is 5.16. The minimum atomic E-state index is -4.47. The summed E-state index contributed by atoms with van der Waals surface area (Å²) in [5.41, 5.74) is 1.66. The van der Waals surface area contributed by atoms with Gasteiger partial charge in [0.05, 0.1) is 40.6 Å². The highest BCUT2D eigenvalue weighted by Crippen LogP contribution is 2.36. The van der Waals surface area contributed by atoms with E-state index in [2.05, 4.69) is 15.3 Å². The first-order chi connectivity index (χ1) is 15.5. The largest absolute Gasteiger partial charge is 0.416 e. The van der Waals surface area contributed by atoms with Crippen LogP contribution in [0.2, 0.25) is 0 Å². The van der Waals surface area contributed by atoms with Crippen LogP contribution in [0, 0.1) is 0 Å². The molecule has 0 atom stereocenters. The van der Waals surface area contributed by atoms with Crippen LogP contribution < -0.4 is 5.32 Å². The van der Waals surface area contributed by atoms with Gasteiger partial charge in [-0.1, -0.05) is 12.1 Å². The van der Waals surface area contributed by atoms with Crippen molar-refractivity contribution in [1.29, 1.82) is 0 Å². The van der Waals surface area contributed by atoms with Gasteiger partial charge in [0.2, 0.25) is 0 Å². The number of carbonyl (C=O) groups is 1. The van der Waals surface area contributed by atoms with E-state index in [-0.39, 0.29) is 24.5 Å². The fraction of sp³-hybridized carbons (Fsp3) is 0.227. The van der Waals surface area contributed by atoms with E-state index in [0.717, 1.165) is 18.4 Å². The summed E-state index contributed by atoms with van der Waals surface area (Å²) < 4.78 is 62.0. The topological polar surface area (TPSA) is 92.3 Å². The second-order valence-electron chi connectivity index (χ2n) is 7.63. The maximum Gasteiger partial charge on any atom is 0.416 e. The van der Waals surface area contributed by atoms with Crippen LogP contribution >= 0.6 is 0 Å². The molecule has 1 aliphatic heterocycles. The number of alkyl halides is 3. The van der Waals surface area contributed by atoms with E-state index in [0.29, 0.717) is 28.2 Å². The monoisotopic (exact) mass is 476 g/mol. The van der Waals surface area contributed by atoms with Gasteiger partial charge in [0.1, 0.15) is 9.84 Å². The second kappa shape index (κ2) is 8.47. The molecule has 0 spiro atoms. The number of carbonyl (C=O) groups excluding carboxylic acids is 1. The van der Waals surface area contributed by atoms with Crippen molar-refractivity contribution < 1.29 is 26.4 Å². The number of benzene rings is 1. The summed E-state index contributed by atoms with van der Waals surface area (Å²) in [4.78, 5) is 23.3. The molecular weight excluding hydrogens is 457 g/mol. The van der Waals surface area contributed by atoms with Gasteiger partial charge in [-0.3, -0.25) is 9.78 Å². The number of nitrogens with one attached hydrogen (secondary N) is 1. The van der Waals surface area contributed by atoms with E-state index < -0.39 is 27.5 Å². The average Bonchev–Trinajstić information content (AvgIpc) is 2.77. The Labute approximate surface area is 188 Å². The molecule has 4 rings (SSSR count). The quantitative estimate of drug-likeness (QED) is 0.604. The molecule has 0 unspecified atom stereocenters. The first kappa shape index (κ1) is 22.7. The fourth-order valence-corrected chi connectivity index (χ4v) is 4.01. The first-order valence-corrected chi connectivity index (χ1v) is 11.9. The van der Waals surface area contributed by atoms with Crippen molar-refractivity contribution in [2.24, 2.45) is 0 Å². The lowest BCUT2D eigenvalue weighted by Gasteiger charge is -2.31. The second-order valence-corrected chi connectivity index (χ2v) is 9.89. The lowest BCUT2D eigenvalue weighted by Crippen LogP contribution is -2.42. The molecule has 0 aliphatic carbocycles. The number of fused-ring (bicyclic) bond motifs is 1. The standard InChI is InChI=1S/C22H19F3N4O3S/c1-33(31,32)10-9-29-13-27-20-17(21(29)30)11-18(28-19(20)15-3-2-8-26-12-15)14-4-6-16(7-5-14)22(23,24)25/h2-8,11-12,27H,9-10,13H2,1H3. The molecule has 1 amide bonds. The van der Waals surface area contributed by atoms with Crippen LogP contribution in [-0.4, -0.2) is 54.4 Å². The van der Waals surface area contributed by atoms with Crippen molar-refractivity contribution in [2.75, 3.05) is 30.5 Å². The summed E-state index contributed by atoms with van der Waals surface area (Å²) in [7, 11) is -3.28. The highest BCUT2D eigenvalue weighted by Gasteiger charge is 2.31. The highest BCUT2D eigenvalue weighted by molar-refractivity contribution is 7.90. The van der Waals surface area contributed by atoms with Gasteiger partial charge in [-0.2, -0.15) is 13.2 Å². The van der Waals surface area contributed by atoms with Crippen LogP contribution in [0.25, 0.3) is 22.5 Å². The predicted octanol–water partition coefficient (Wildman–Crippen LogP) is 3.70. The van der Waals surface area contributed by atoms with Gasteiger partial charge in [0.25, 0.3) is 5.91 Å². The number of anilines is 1. The molecule has 0 radical (unpaired) electrons. The van der Waals surface area contributed by atoms with Crippen LogP contribution in [0.4, 0.5) is 18.9 Å². The van der Waals surface area contributed by atoms with E-state index in [1.165, 1.54) is 23.1 Å².